The number of hydrogen-bond donors (Lipinski definition) is 1. The molecule has 0 saturated carbocycles. The van der Waals surface area contributed by atoms with Gasteiger partial charge in [0, 0.05) is 0 Å². The van der Waals surface area contributed by atoms with Gasteiger partial charge < -0.3 is 5.32 Å². The first-order chi connectivity index (χ1) is 2.77. The normalized spacial score (nSPS) is 10.0. The van der Waals surface area contributed by atoms with Crippen molar-refractivity contribution in [2.45, 2.75) is 0 Å². The maximum Gasteiger partial charge on any atom is 0.323 e. The fraction of sp³-hybridized carbons (Fsp3) is 0.667. The first-order valence-corrected chi connectivity index (χ1v) is 1.59. The lowest BCUT2D eigenvalue weighted by molar-refractivity contribution is 0.279. The molecule has 0 saturated heterocycles. The minimum atomic E-state index is -1.57. The topological polar surface area (TPSA) is 12.0 Å². The summed E-state index contributed by atoms with van der Waals surface area (Å²) in [5, 5.41) is 2.28. The summed E-state index contributed by atoms with van der Waals surface area (Å²) in [5.41, 5.74) is 0. The minimum Gasteiger partial charge on any atom is -0.314 e. The van der Waals surface area contributed by atoms with Crippen LogP contribution in [0.15, 0.2) is 0 Å². The summed E-state index contributed by atoms with van der Waals surface area (Å²) in [5.74, 6) is 0. The molecule has 0 rings (SSSR count). The Bertz CT molecular complexity index is 30.0. The molecule has 37 valence electrons. The summed E-state index contributed by atoms with van der Waals surface area (Å²) >= 11 is 0. The van der Waals surface area contributed by atoms with Crippen molar-refractivity contribution in [3.63, 3.8) is 0 Å². The van der Waals surface area contributed by atoms with Crippen LogP contribution in [0.25, 0.3) is 0 Å². The van der Waals surface area contributed by atoms with E-state index in [-0.39, 0.29) is 6.54 Å². The van der Waals surface area contributed by atoms with Crippen molar-refractivity contribution < 1.29 is 8.78 Å². The Morgan fingerprint density at radius 2 is 2.17 bits per heavy atom. The van der Waals surface area contributed by atoms with Crippen LogP contribution in [-0.2, 0) is 0 Å². The van der Waals surface area contributed by atoms with Gasteiger partial charge in [0.15, 0.2) is 0 Å². The zero-order valence-electron chi connectivity index (χ0n) is 3.46. The lowest BCUT2D eigenvalue weighted by Crippen LogP contribution is -2.09. The molecule has 0 bridgehead atoms. The Hall–Kier alpha value is -0.180. The Labute approximate surface area is 35.4 Å². The van der Waals surface area contributed by atoms with Gasteiger partial charge >= 0.3 is 6.43 Å². The van der Waals surface area contributed by atoms with Gasteiger partial charge in [-0.15, -0.1) is 0 Å². The summed E-state index contributed by atoms with van der Waals surface area (Å²) in [4.78, 5) is 0. The van der Waals surface area contributed by atoms with E-state index in [0.717, 1.165) is 0 Å². The van der Waals surface area contributed by atoms with Crippen LogP contribution >= 0.6 is 0 Å². The van der Waals surface area contributed by atoms with Gasteiger partial charge in [0.25, 0.3) is 0 Å². The molecule has 1 nitrogen and oxygen atoms in total. The largest absolute Gasteiger partial charge is 0.323 e. The van der Waals surface area contributed by atoms with Crippen LogP contribution in [-0.4, -0.2) is 13.6 Å². The highest BCUT2D eigenvalue weighted by atomic mass is 19.3. The molecule has 1 N–H and O–H groups in total. The van der Waals surface area contributed by atoms with Crippen molar-refractivity contribution >= 4 is 0 Å². The molecule has 3 heteroatoms. The van der Waals surface area contributed by atoms with Crippen molar-refractivity contribution in [2.24, 2.45) is 0 Å². The maximum atomic E-state index is 10.9. The van der Waals surface area contributed by atoms with E-state index in [2.05, 4.69) is 5.32 Å². The van der Waals surface area contributed by atoms with E-state index in [1.54, 1.807) is 0 Å². The van der Waals surface area contributed by atoms with Gasteiger partial charge in [0.1, 0.15) is 0 Å². The predicted octanol–water partition coefficient (Wildman–Crippen LogP) is 0.634. The SMILES string of the molecule is CNC[C](F)F. The summed E-state index contributed by atoms with van der Waals surface area (Å²) in [6, 6.07) is 0. The van der Waals surface area contributed by atoms with Crippen LogP contribution < -0.4 is 5.32 Å². The first-order valence-electron chi connectivity index (χ1n) is 1.59. The molecule has 0 atom stereocenters. The molecule has 0 unspecified atom stereocenters. The van der Waals surface area contributed by atoms with Crippen LogP contribution in [0.2, 0.25) is 0 Å². The Morgan fingerprint density at radius 3 is 2.17 bits per heavy atom. The van der Waals surface area contributed by atoms with Crippen molar-refractivity contribution in [3.8, 4) is 0 Å². The molecule has 0 aromatic carbocycles. The molecule has 0 aliphatic heterocycles. The van der Waals surface area contributed by atoms with Crippen LogP contribution in [0.4, 0.5) is 8.78 Å². The molecule has 0 fully saturated rings. The fourth-order valence-corrected chi connectivity index (χ4v) is 0.134. The minimum absolute atomic E-state index is 0.292. The molecule has 0 aromatic rings. The highest BCUT2D eigenvalue weighted by molar-refractivity contribution is 4.59. The second kappa shape index (κ2) is 3.03. The lowest BCUT2D eigenvalue weighted by Gasteiger charge is -1.88. The predicted molar refractivity (Wildman–Crippen MR) is 19.4 cm³/mol. The van der Waals surface area contributed by atoms with Crippen molar-refractivity contribution in [1.29, 1.82) is 0 Å². The third-order valence-corrected chi connectivity index (χ3v) is 0.310. The van der Waals surface area contributed by atoms with Gasteiger partial charge in [0.05, 0.1) is 6.54 Å². The molecular weight excluding hydrogens is 88.0 g/mol. The summed E-state index contributed by atoms with van der Waals surface area (Å²) in [6.45, 7) is -0.292. The van der Waals surface area contributed by atoms with E-state index in [0.29, 0.717) is 0 Å². The van der Waals surface area contributed by atoms with Crippen molar-refractivity contribution in [2.75, 3.05) is 13.6 Å². The van der Waals surface area contributed by atoms with Gasteiger partial charge in [-0.25, -0.2) is 0 Å². The average molecular weight is 94.1 g/mol. The molecule has 0 aliphatic carbocycles. The number of halogens is 2. The van der Waals surface area contributed by atoms with E-state index >= 15 is 0 Å². The highest BCUT2D eigenvalue weighted by Crippen LogP contribution is 1.96. The highest BCUT2D eigenvalue weighted by Gasteiger charge is 1.98. The van der Waals surface area contributed by atoms with Crippen LogP contribution in [0, 0.1) is 6.43 Å². The van der Waals surface area contributed by atoms with Gasteiger partial charge in [-0.1, -0.05) is 0 Å². The smallest absolute Gasteiger partial charge is 0.314 e. The van der Waals surface area contributed by atoms with Crippen LogP contribution in [0.5, 0.6) is 0 Å². The molecule has 6 heavy (non-hydrogen) atoms. The van der Waals surface area contributed by atoms with Gasteiger partial charge in [-0.3, -0.25) is 0 Å². The van der Waals surface area contributed by atoms with Gasteiger partial charge in [-0.2, -0.15) is 8.78 Å². The van der Waals surface area contributed by atoms with E-state index in [1.165, 1.54) is 7.05 Å². The second-order valence-electron chi connectivity index (χ2n) is 0.869. The third-order valence-electron chi connectivity index (χ3n) is 0.310. The molecule has 0 amide bonds. The van der Waals surface area contributed by atoms with E-state index in [4.69, 9.17) is 0 Å². The first kappa shape index (κ1) is 5.82. The molecular formula is C3H6F2N. The van der Waals surface area contributed by atoms with Crippen molar-refractivity contribution in [1.82, 2.24) is 5.32 Å². The molecule has 0 spiro atoms. The zero-order chi connectivity index (χ0) is 4.99. The number of hydrogen-bond acceptors (Lipinski definition) is 1. The molecule has 0 aliphatic rings. The summed E-state index contributed by atoms with van der Waals surface area (Å²) in [7, 11) is 1.47. The standard InChI is InChI=1S/C3H6F2N/c1-6-2-3(4)5/h6H,2H2,1H3. The fourth-order valence-electron chi connectivity index (χ4n) is 0.134. The second-order valence-corrected chi connectivity index (χ2v) is 0.869. The van der Waals surface area contributed by atoms with E-state index < -0.39 is 6.43 Å². The number of nitrogens with one attached hydrogen (secondary N) is 1. The Kier molecular flexibility index (Phi) is 2.94. The monoisotopic (exact) mass is 94.0 g/mol. The Balaban J connectivity index is 2.63. The lowest BCUT2D eigenvalue weighted by atomic mass is 10.7. The molecule has 1 radical (unpaired) electrons. The molecule has 0 aromatic heterocycles. The quantitative estimate of drug-likeness (QED) is 0.529. The summed E-state index contributed by atoms with van der Waals surface area (Å²) in [6.07, 6.45) is -1.57. The average Bonchev–Trinajstić information content (AvgIpc) is 1.35. The van der Waals surface area contributed by atoms with Crippen LogP contribution in [0.1, 0.15) is 0 Å². The van der Waals surface area contributed by atoms with E-state index in [9.17, 15) is 8.78 Å². The Morgan fingerprint density at radius 1 is 1.67 bits per heavy atom. The summed E-state index contributed by atoms with van der Waals surface area (Å²) < 4.78 is 21.8. The third kappa shape index (κ3) is 3.82. The number of rotatable bonds is 2. The van der Waals surface area contributed by atoms with Gasteiger partial charge in [-0.05, 0) is 7.05 Å². The van der Waals surface area contributed by atoms with E-state index in [1.807, 2.05) is 0 Å². The van der Waals surface area contributed by atoms with Gasteiger partial charge in [0.2, 0.25) is 0 Å². The van der Waals surface area contributed by atoms with Crippen molar-refractivity contribution in [3.05, 3.63) is 6.43 Å². The zero-order valence-corrected chi connectivity index (χ0v) is 3.46. The molecule has 0 heterocycles. The van der Waals surface area contributed by atoms with Crippen LogP contribution in [0.3, 0.4) is 0 Å². The maximum absolute atomic E-state index is 10.9.